The van der Waals surface area contributed by atoms with Gasteiger partial charge < -0.3 is 14.2 Å². The van der Waals surface area contributed by atoms with E-state index in [0.717, 1.165) is 6.07 Å². The Hall–Kier alpha value is -2.98. The van der Waals surface area contributed by atoms with E-state index in [-0.39, 0.29) is 36.2 Å². The molecule has 30 heavy (non-hydrogen) atoms. The fourth-order valence-corrected chi connectivity index (χ4v) is 3.24. The highest BCUT2D eigenvalue weighted by Crippen LogP contribution is 2.30. The summed E-state index contributed by atoms with van der Waals surface area (Å²) in [7, 11) is 0. The minimum atomic E-state index is -4.80. The molecule has 1 aliphatic heterocycles. The quantitative estimate of drug-likeness (QED) is 0.519. The molecule has 1 fully saturated rings. The van der Waals surface area contributed by atoms with Crippen molar-refractivity contribution in [3.05, 3.63) is 35.5 Å². The standard InChI is InChI=1S/C19H19F4N3O4/c1-2-29-18(28)26-7-5-11(6-8-26)9-15(27)13-4-3-12(10-14(13)20)16-24-17(30-25-16)19(21,22)23/h3-4,10-11H,2,5-9H2,1H3. The molecule has 3 rings (SSSR count). The topological polar surface area (TPSA) is 85.5 Å². The summed E-state index contributed by atoms with van der Waals surface area (Å²) in [6.07, 6.45) is -3.91. The van der Waals surface area contributed by atoms with Gasteiger partial charge in [0.1, 0.15) is 5.82 Å². The van der Waals surface area contributed by atoms with E-state index in [1.807, 2.05) is 0 Å². The summed E-state index contributed by atoms with van der Waals surface area (Å²) in [5, 5.41) is 3.20. The second kappa shape index (κ2) is 8.80. The molecule has 0 radical (unpaired) electrons. The van der Waals surface area contributed by atoms with Crippen molar-refractivity contribution >= 4 is 11.9 Å². The Bertz CT molecular complexity index is 921. The lowest BCUT2D eigenvalue weighted by Crippen LogP contribution is -2.39. The Morgan fingerprint density at radius 2 is 1.97 bits per heavy atom. The summed E-state index contributed by atoms with van der Waals surface area (Å²) in [6, 6.07) is 3.37. The summed E-state index contributed by atoms with van der Waals surface area (Å²) in [5.74, 6) is -3.26. The molecule has 0 N–H and O–H groups in total. The summed E-state index contributed by atoms with van der Waals surface area (Å²) in [6.45, 7) is 2.92. The highest BCUT2D eigenvalue weighted by Gasteiger charge is 2.38. The van der Waals surface area contributed by atoms with Gasteiger partial charge in [-0.1, -0.05) is 11.2 Å². The first-order valence-electron chi connectivity index (χ1n) is 9.34. The third-order valence-electron chi connectivity index (χ3n) is 4.81. The first-order chi connectivity index (χ1) is 14.2. The number of ketones is 1. The lowest BCUT2D eigenvalue weighted by molar-refractivity contribution is -0.159. The number of hydrogen-bond acceptors (Lipinski definition) is 6. The van der Waals surface area contributed by atoms with Gasteiger partial charge in [0.05, 0.1) is 12.2 Å². The molecule has 162 valence electrons. The van der Waals surface area contributed by atoms with Crippen LogP contribution in [-0.2, 0) is 10.9 Å². The number of Topliss-reactive ketones (excluding diaryl/α,β-unsaturated/α-hetero) is 1. The molecule has 11 heteroatoms. The predicted molar refractivity (Wildman–Crippen MR) is 95.0 cm³/mol. The molecule has 0 bridgehead atoms. The Kier molecular flexibility index (Phi) is 6.37. The molecule has 0 atom stereocenters. The summed E-state index contributed by atoms with van der Waals surface area (Å²) in [5.41, 5.74) is -0.197. The molecule has 2 aromatic rings. The van der Waals surface area contributed by atoms with Crippen molar-refractivity contribution < 1.29 is 36.4 Å². The Morgan fingerprint density at radius 1 is 1.27 bits per heavy atom. The van der Waals surface area contributed by atoms with Crippen LogP contribution in [-0.4, -0.2) is 46.6 Å². The first kappa shape index (κ1) is 21.7. The maximum absolute atomic E-state index is 14.4. The van der Waals surface area contributed by atoms with Crippen LogP contribution in [0.5, 0.6) is 0 Å². The van der Waals surface area contributed by atoms with Gasteiger partial charge in [0.25, 0.3) is 0 Å². The van der Waals surface area contributed by atoms with E-state index in [2.05, 4.69) is 14.7 Å². The van der Waals surface area contributed by atoms with E-state index < -0.39 is 29.5 Å². The molecule has 0 spiro atoms. The zero-order chi connectivity index (χ0) is 21.9. The summed E-state index contributed by atoms with van der Waals surface area (Å²) >= 11 is 0. The normalized spacial score (nSPS) is 15.3. The fraction of sp³-hybridized carbons (Fsp3) is 0.474. The van der Waals surface area contributed by atoms with Crippen LogP contribution in [0.1, 0.15) is 42.4 Å². The lowest BCUT2D eigenvalue weighted by Gasteiger charge is -2.30. The van der Waals surface area contributed by atoms with Crippen LogP contribution in [0, 0.1) is 11.7 Å². The number of ether oxygens (including phenoxy) is 1. The number of piperidine rings is 1. The third kappa shape index (κ3) is 4.95. The van der Waals surface area contributed by atoms with E-state index in [9.17, 15) is 27.2 Å². The van der Waals surface area contributed by atoms with Crippen LogP contribution in [0.2, 0.25) is 0 Å². The Balaban J connectivity index is 1.62. The molecule has 7 nitrogen and oxygen atoms in total. The number of carbonyl (C=O) groups is 2. The number of carbonyl (C=O) groups excluding carboxylic acids is 2. The molecule has 0 unspecified atom stereocenters. The zero-order valence-corrected chi connectivity index (χ0v) is 16.0. The number of hydrogen-bond donors (Lipinski definition) is 0. The van der Waals surface area contributed by atoms with Crippen molar-refractivity contribution in [2.75, 3.05) is 19.7 Å². The molecular weight excluding hydrogens is 410 g/mol. The van der Waals surface area contributed by atoms with Gasteiger partial charge >= 0.3 is 18.2 Å². The van der Waals surface area contributed by atoms with Crippen molar-refractivity contribution in [3.8, 4) is 11.4 Å². The van der Waals surface area contributed by atoms with Crippen molar-refractivity contribution in [3.63, 3.8) is 0 Å². The van der Waals surface area contributed by atoms with Gasteiger partial charge in [-0.25, -0.2) is 9.18 Å². The molecular formula is C19H19F4N3O4. The number of aromatic nitrogens is 2. The Morgan fingerprint density at radius 3 is 2.53 bits per heavy atom. The molecule has 1 aliphatic rings. The molecule has 0 aliphatic carbocycles. The highest BCUT2D eigenvalue weighted by molar-refractivity contribution is 5.96. The highest BCUT2D eigenvalue weighted by atomic mass is 19.4. The van der Waals surface area contributed by atoms with Gasteiger partial charge in [0.2, 0.25) is 5.82 Å². The monoisotopic (exact) mass is 429 g/mol. The van der Waals surface area contributed by atoms with Crippen molar-refractivity contribution in [1.29, 1.82) is 0 Å². The number of amides is 1. The van der Waals surface area contributed by atoms with Crippen molar-refractivity contribution in [2.24, 2.45) is 5.92 Å². The molecule has 1 saturated heterocycles. The first-order valence-corrected chi connectivity index (χ1v) is 9.34. The Labute approximate surface area is 169 Å². The van der Waals surface area contributed by atoms with Gasteiger partial charge in [0, 0.05) is 25.1 Å². The fourth-order valence-electron chi connectivity index (χ4n) is 3.24. The van der Waals surface area contributed by atoms with E-state index in [1.165, 1.54) is 12.1 Å². The van der Waals surface area contributed by atoms with Crippen LogP contribution >= 0.6 is 0 Å². The number of likely N-dealkylation sites (tertiary alicyclic amines) is 1. The summed E-state index contributed by atoms with van der Waals surface area (Å²) in [4.78, 5) is 29.0. The number of rotatable bonds is 5. The SMILES string of the molecule is CCOC(=O)N1CCC(CC(=O)c2ccc(-c3noc(C(F)(F)F)n3)cc2F)CC1. The smallest absolute Gasteiger partial charge is 0.450 e. The van der Waals surface area contributed by atoms with E-state index in [1.54, 1.807) is 11.8 Å². The minimum Gasteiger partial charge on any atom is -0.450 e. The largest absolute Gasteiger partial charge is 0.471 e. The third-order valence-corrected chi connectivity index (χ3v) is 4.81. The molecule has 1 amide bonds. The average Bonchev–Trinajstić information content (AvgIpc) is 3.19. The van der Waals surface area contributed by atoms with Crippen LogP contribution < -0.4 is 0 Å². The summed E-state index contributed by atoms with van der Waals surface area (Å²) < 4.78 is 61.2. The molecule has 0 saturated carbocycles. The van der Waals surface area contributed by atoms with E-state index >= 15 is 0 Å². The molecule has 1 aromatic heterocycles. The molecule has 1 aromatic carbocycles. The average molecular weight is 429 g/mol. The van der Waals surface area contributed by atoms with Gasteiger partial charge in [0.15, 0.2) is 5.78 Å². The second-order valence-electron chi connectivity index (χ2n) is 6.87. The number of alkyl halides is 3. The van der Waals surface area contributed by atoms with E-state index in [4.69, 9.17) is 4.74 Å². The number of halogens is 4. The molecule has 2 heterocycles. The number of benzene rings is 1. The van der Waals surface area contributed by atoms with E-state index in [0.29, 0.717) is 25.9 Å². The second-order valence-corrected chi connectivity index (χ2v) is 6.87. The van der Waals surface area contributed by atoms with Gasteiger partial charge in [-0.15, -0.1) is 0 Å². The van der Waals surface area contributed by atoms with Gasteiger partial charge in [-0.3, -0.25) is 4.79 Å². The maximum atomic E-state index is 14.4. The minimum absolute atomic E-state index is 0.00574. The van der Waals surface area contributed by atoms with Crippen molar-refractivity contribution in [1.82, 2.24) is 15.0 Å². The predicted octanol–water partition coefficient (Wildman–Crippen LogP) is 4.34. The van der Waals surface area contributed by atoms with Crippen LogP contribution in [0.4, 0.5) is 22.4 Å². The lowest BCUT2D eigenvalue weighted by atomic mass is 9.89. The van der Waals surface area contributed by atoms with Gasteiger partial charge in [-0.05, 0) is 37.8 Å². The van der Waals surface area contributed by atoms with Crippen molar-refractivity contribution in [2.45, 2.75) is 32.4 Å². The number of nitrogens with zero attached hydrogens (tertiary/aromatic N) is 3. The van der Waals surface area contributed by atoms with Gasteiger partial charge in [-0.2, -0.15) is 18.2 Å². The van der Waals surface area contributed by atoms with Crippen LogP contribution in [0.25, 0.3) is 11.4 Å². The van der Waals surface area contributed by atoms with Crippen LogP contribution in [0.15, 0.2) is 22.7 Å². The maximum Gasteiger partial charge on any atom is 0.471 e. The zero-order valence-electron chi connectivity index (χ0n) is 16.0. The van der Waals surface area contributed by atoms with Crippen LogP contribution in [0.3, 0.4) is 0 Å².